The highest BCUT2D eigenvalue weighted by molar-refractivity contribution is 7.83. The molecule has 0 radical (unpaired) electrons. The fourth-order valence-electron chi connectivity index (χ4n) is 1.94. The number of hydrogen-bond acceptors (Lipinski definition) is 3. The summed E-state index contributed by atoms with van der Waals surface area (Å²) in [5, 5.41) is 8.86. The summed E-state index contributed by atoms with van der Waals surface area (Å²) in [6, 6.07) is 9.26. The molecule has 0 amide bonds. The molecule has 4 nitrogen and oxygen atoms in total. The predicted octanol–water partition coefficient (Wildman–Crippen LogP) is 3.04. The van der Waals surface area contributed by atoms with Gasteiger partial charge >= 0.3 is 5.97 Å². The minimum absolute atomic E-state index is 0.106. The van der Waals surface area contributed by atoms with Crippen LogP contribution in [0.4, 0.5) is 0 Å². The van der Waals surface area contributed by atoms with Gasteiger partial charge < -0.3 is 9.52 Å². The van der Waals surface area contributed by atoms with Crippen LogP contribution in [0.25, 0.3) is 0 Å². The Labute approximate surface area is 119 Å². The second kappa shape index (κ2) is 6.05. The van der Waals surface area contributed by atoms with Gasteiger partial charge in [0.1, 0.15) is 5.76 Å². The largest absolute Gasteiger partial charge is 0.475 e. The van der Waals surface area contributed by atoms with Gasteiger partial charge in [0.2, 0.25) is 5.76 Å². The van der Waals surface area contributed by atoms with Crippen LogP contribution in [0.2, 0.25) is 0 Å². The zero-order valence-corrected chi connectivity index (χ0v) is 12.2. The summed E-state index contributed by atoms with van der Waals surface area (Å²) >= 11 is 0. The maximum atomic E-state index is 12.2. The molecule has 1 N–H and O–H groups in total. The molecule has 1 heterocycles. The van der Waals surface area contributed by atoms with Gasteiger partial charge in [-0.15, -0.1) is 0 Å². The number of rotatable bonds is 5. The molecule has 0 aliphatic rings. The van der Waals surface area contributed by atoms with Crippen molar-refractivity contribution in [2.45, 2.75) is 25.4 Å². The van der Waals surface area contributed by atoms with Crippen LogP contribution >= 0.6 is 0 Å². The first-order valence-electron chi connectivity index (χ1n) is 6.19. The topological polar surface area (TPSA) is 67.5 Å². The normalized spacial score (nSPS) is 12.3. The number of carboxylic acid groups (broad SMARTS) is 1. The van der Waals surface area contributed by atoms with E-state index in [-0.39, 0.29) is 5.76 Å². The Kier molecular flexibility index (Phi) is 4.39. The van der Waals surface area contributed by atoms with Gasteiger partial charge in [0.25, 0.3) is 0 Å². The maximum absolute atomic E-state index is 12.2. The van der Waals surface area contributed by atoms with E-state index in [9.17, 15) is 9.00 Å². The van der Waals surface area contributed by atoms with E-state index in [2.05, 4.69) is 0 Å². The summed E-state index contributed by atoms with van der Waals surface area (Å²) in [7, 11) is -1.10. The number of furan rings is 1. The Balaban J connectivity index is 2.09. The van der Waals surface area contributed by atoms with Gasteiger partial charge in [0.15, 0.2) is 0 Å². The van der Waals surface area contributed by atoms with Crippen LogP contribution in [0.15, 0.2) is 34.7 Å². The second-order valence-electron chi connectivity index (χ2n) is 4.65. The summed E-state index contributed by atoms with van der Waals surface area (Å²) < 4.78 is 17.3. The Morgan fingerprint density at radius 3 is 2.45 bits per heavy atom. The number of aryl methyl sites for hydroxylation is 2. The Bertz CT molecular complexity index is 658. The first-order valence-corrected chi connectivity index (χ1v) is 7.68. The summed E-state index contributed by atoms with van der Waals surface area (Å²) in [5.41, 5.74) is 2.84. The highest BCUT2D eigenvalue weighted by Crippen LogP contribution is 2.18. The van der Waals surface area contributed by atoms with Gasteiger partial charge in [-0.25, -0.2) is 4.79 Å². The molecule has 0 aliphatic heterocycles. The molecular weight excluding hydrogens is 276 g/mol. The van der Waals surface area contributed by atoms with E-state index >= 15 is 0 Å². The molecule has 0 aliphatic carbocycles. The van der Waals surface area contributed by atoms with Gasteiger partial charge in [0, 0.05) is 22.1 Å². The van der Waals surface area contributed by atoms with Gasteiger partial charge in [-0.05, 0) is 31.0 Å². The van der Waals surface area contributed by atoms with Crippen LogP contribution in [0.5, 0.6) is 0 Å². The van der Waals surface area contributed by atoms with E-state index in [1.165, 1.54) is 6.07 Å². The van der Waals surface area contributed by atoms with Crippen LogP contribution in [-0.2, 0) is 22.3 Å². The first kappa shape index (κ1) is 14.5. The van der Waals surface area contributed by atoms with Crippen molar-refractivity contribution in [1.82, 2.24) is 0 Å². The van der Waals surface area contributed by atoms with Crippen molar-refractivity contribution in [3.05, 3.63) is 58.5 Å². The van der Waals surface area contributed by atoms with E-state index < -0.39 is 16.8 Å². The average Bonchev–Trinajstić information content (AvgIpc) is 2.74. The molecule has 20 heavy (non-hydrogen) atoms. The third-order valence-corrected chi connectivity index (χ3v) is 4.39. The lowest BCUT2D eigenvalue weighted by molar-refractivity contribution is 0.0661. The number of benzene rings is 1. The highest BCUT2D eigenvalue weighted by Gasteiger charge is 2.15. The Hall–Kier alpha value is -1.88. The lowest BCUT2D eigenvalue weighted by Crippen LogP contribution is -2.01. The highest BCUT2D eigenvalue weighted by atomic mass is 32.2. The molecule has 0 bridgehead atoms. The van der Waals surface area contributed by atoms with E-state index in [4.69, 9.17) is 9.52 Å². The first-order chi connectivity index (χ1) is 9.47. The van der Waals surface area contributed by atoms with Crippen molar-refractivity contribution < 1.29 is 18.5 Å². The predicted molar refractivity (Wildman–Crippen MR) is 77.1 cm³/mol. The number of carboxylic acids is 1. The monoisotopic (exact) mass is 292 g/mol. The SMILES string of the molecule is Cc1ccccc1CS(=O)Cc1cc(C(=O)O)oc1C. The van der Waals surface area contributed by atoms with Crippen molar-refractivity contribution in [2.24, 2.45) is 0 Å². The van der Waals surface area contributed by atoms with E-state index in [0.717, 1.165) is 11.1 Å². The molecule has 1 aromatic heterocycles. The second-order valence-corrected chi connectivity index (χ2v) is 6.11. The van der Waals surface area contributed by atoms with Crippen LogP contribution in [0.3, 0.4) is 0 Å². The molecule has 2 aromatic rings. The molecule has 5 heteroatoms. The molecule has 0 saturated heterocycles. The number of hydrogen-bond donors (Lipinski definition) is 1. The van der Waals surface area contributed by atoms with Crippen molar-refractivity contribution in [1.29, 1.82) is 0 Å². The molecule has 0 spiro atoms. The molecule has 0 saturated carbocycles. The van der Waals surface area contributed by atoms with Crippen molar-refractivity contribution in [3.63, 3.8) is 0 Å². The van der Waals surface area contributed by atoms with Crippen LogP contribution < -0.4 is 0 Å². The van der Waals surface area contributed by atoms with Crippen molar-refractivity contribution in [2.75, 3.05) is 0 Å². The molecule has 1 aromatic carbocycles. The lowest BCUT2D eigenvalue weighted by Gasteiger charge is -2.05. The van der Waals surface area contributed by atoms with Crippen molar-refractivity contribution in [3.8, 4) is 0 Å². The molecule has 1 atom stereocenters. The Morgan fingerprint density at radius 2 is 1.85 bits per heavy atom. The average molecular weight is 292 g/mol. The zero-order valence-electron chi connectivity index (χ0n) is 11.4. The molecule has 106 valence electrons. The molecule has 0 fully saturated rings. The summed E-state index contributed by atoms with van der Waals surface area (Å²) in [6.07, 6.45) is 0. The van der Waals surface area contributed by atoms with Crippen LogP contribution in [0, 0.1) is 13.8 Å². The Morgan fingerprint density at radius 1 is 1.20 bits per heavy atom. The van der Waals surface area contributed by atoms with E-state index in [0.29, 0.717) is 22.8 Å². The third-order valence-electron chi connectivity index (χ3n) is 3.13. The fourth-order valence-corrected chi connectivity index (χ4v) is 3.34. The van der Waals surface area contributed by atoms with E-state index in [1.54, 1.807) is 6.92 Å². The zero-order chi connectivity index (χ0) is 14.7. The number of carbonyl (C=O) groups is 1. The summed E-state index contributed by atoms with van der Waals surface area (Å²) in [5.74, 6) is 0.0615. The molecule has 2 rings (SSSR count). The van der Waals surface area contributed by atoms with Crippen molar-refractivity contribution >= 4 is 16.8 Å². The standard InChI is InChI=1S/C15H16O4S/c1-10-5-3-4-6-12(10)8-20(18)9-13-7-14(15(16)17)19-11(13)2/h3-7H,8-9H2,1-2H3,(H,16,17). The summed E-state index contributed by atoms with van der Waals surface area (Å²) in [6.45, 7) is 3.67. The summed E-state index contributed by atoms with van der Waals surface area (Å²) in [4.78, 5) is 10.8. The van der Waals surface area contributed by atoms with E-state index in [1.807, 2.05) is 31.2 Å². The number of aromatic carboxylic acids is 1. The lowest BCUT2D eigenvalue weighted by atomic mass is 10.1. The maximum Gasteiger partial charge on any atom is 0.371 e. The fraction of sp³-hybridized carbons (Fsp3) is 0.267. The van der Waals surface area contributed by atoms with Gasteiger partial charge in [-0.3, -0.25) is 4.21 Å². The van der Waals surface area contributed by atoms with Gasteiger partial charge in [0.05, 0.1) is 5.75 Å². The van der Waals surface area contributed by atoms with Crippen LogP contribution in [-0.4, -0.2) is 15.3 Å². The quantitative estimate of drug-likeness (QED) is 0.919. The van der Waals surface area contributed by atoms with Gasteiger partial charge in [-0.1, -0.05) is 24.3 Å². The minimum Gasteiger partial charge on any atom is -0.475 e. The molecule has 1 unspecified atom stereocenters. The molecular formula is C15H16O4S. The van der Waals surface area contributed by atoms with Gasteiger partial charge in [-0.2, -0.15) is 0 Å². The third kappa shape index (κ3) is 3.36. The smallest absolute Gasteiger partial charge is 0.371 e. The minimum atomic E-state index is -1.11. The van der Waals surface area contributed by atoms with Crippen LogP contribution in [0.1, 0.15) is 33.0 Å².